The van der Waals surface area contributed by atoms with Crippen molar-refractivity contribution in [1.82, 2.24) is 9.80 Å². The van der Waals surface area contributed by atoms with Crippen LogP contribution in [0.15, 0.2) is 43.2 Å². The van der Waals surface area contributed by atoms with Crippen molar-refractivity contribution in [3.8, 4) is 0 Å². The van der Waals surface area contributed by atoms with Gasteiger partial charge in [-0.05, 0) is 49.5 Å². The minimum absolute atomic E-state index is 0. The van der Waals surface area contributed by atoms with E-state index in [2.05, 4.69) is 0 Å². The highest BCUT2D eigenvalue weighted by Crippen LogP contribution is 2.54. The number of hydrogen-bond donors (Lipinski definition) is 6. The number of likely N-dealkylation sites (N-methyl/N-ethyl adjacent to an activating group) is 1. The first kappa shape index (κ1) is 28.9. The molecule has 0 saturated heterocycles. The van der Waals surface area contributed by atoms with E-state index in [0.29, 0.717) is 9.15 Å². The third-order valence-electron chi connectivity index (χ3n) is 7.70. The van der Waals surface area contributed by atoms with Crippen LogP contribution in [0.5, 0.6) is 0 Å². The molecule has 0 saturated carbocycles. The summed E-state index contributed by atoms with van der Waals surface area (Å²) in [7, 11) is 6.80. The molecule has 4 rings (SSSR count). The van der Waals surface area contributed by atoms with E-state index < -0.39 is 64.3 Å². The Morgan fingerprint density at radius 2 is 1.69 bits per heavy atom. The molecule has 4 aliphatic rings. The third-order valence-corrected chi connectivity index (χ3v) is 8.83. The Hall–Kier alpha value is -1.69. The number of carbonyl (C=O) groups is 3. The number of fused-ring (bicyclic) bond motifs is 2. The van der Waals surface area contributed by atoms with Gasteiger partial charge in [0.25, 0.3) is 5.91 Å². The Morgan fingerprint density at radius 3 is 2.19 bits per heavy atom. The van der Waals surface area contributed by atoms with Crippen molar-refractivity contribution in [2.75, 3.05) is 28.2 Å². The van der Waals surface area contributed by atoms with Gasteiger partial charge in [0.2, 0.25) is 5.78 Å². The van der Waals surface area contributed by atoms with Crippen molar-refractivity contribution in [2.45, 2.75) is 30.6 Å². The van der Waals surface area contributed by atoms with Crippen LogP contribution in [0.2, 0.25) is 0 Å². The smallest absolute Gasteiger partial charge is 0.255 e. The van der Waals surface area contributed by atoms with Crippen LogP contribution in [0.4, 0.5) is 0 Å². The molecule has 36 heavy (non-hydrogen) atoms. The summed E-state index contributed by atoms with van der Waals surface area (Å²) in [5.74, 6) is -6.65. The molecule has 4 unspecified atom stereocenters. The second-order valence-corrected chi connectivity index (χ2v) is 11.0. The van der Waals surface area contributed by atoms with E-state index in [-0.39, 0.29) is 53.8 Å². The first-order chi connectivity index (χ1) is 16.2. The number of primary amides is 1. The number of amides is 1. The number of aliphatic hydroxyl groups is 4. The van der Waals surface area contributed by atoms with Crippen molar-refractivity contribution in [1.29, 1.82) is 0 Å². The van der Waals surface area contributed by atoms with Crippen molar-refractivity contribution in [3.63, 3.8) is 0 Å². The molecule has 13 heteroatoms. The van der Waals surface area contributed by atoms with E-state index in [1.54, 1.807) is 28.2 Å². The summed E-state index contributed by atoms with van der Waals surface area (Å²) in [6.45, 7) is 0. The zero-order valence-corrected chi connectivity index (χ0v) is 24.6. The summed E-state index contributed by atoms with van der Waals surface area (Å²) >= 11 is 2.02. The van der Waals surface area contributed by atoms with Crippen molar-refractivity contribution < 1.29 is 34.8 Å². The first-order valence-corrected chi connectivity index (χ1v) is 12.1. The highest BCUT2D eigenvalue weighted by atomic mass is 127. The monoisotopic (exact) mass is 728 g/mol. The van der Waals surface area contributed by atoms with Gasteiger partial charge < -0.3 is 36.8 Å². The maximum Gasteiger partial charge on any atom is 0.255 e. The van der Waals surface area contributed by atoms with Gasteiger partial charge in [-0.25, -0.2) is 0 Å². The number of allylic oxidation sites excluding steroid dienone is 4. The van der Waals surface area contributed by atoms with E-state index in [1.807, 2.05) is 27.5 Å². The third kappa shape index (κ3) is 3.72. The zero-order valence-electron chi connectivity index (χ0n) is 20.1. The molecule has 11 nitrogen and oxygen atoms in total. The first-order valence-electron chi connectivity index (χ1n) is 11.0. The summed E-state index contributed by atoms with van der Waals surface area (Å²) < 4.78 is 0.613. The Labute approximate surface area is 238 Å². The zero-order chi connectivity index (χ0) is 26.3. The average Bonchev–Trinajstić information content (AvgIpc) is 2.74. The summed E-state index contributed by atoms with van der Waals surface area (Å²) in [5, 5.41) is 44.7. The maximum absolute atomic E-state index is 13.8. The fraction of sp³-hybridized carbons (Fsp3) is 0.522. The molecule has 0 spiro atoms. The molecule has 0 heterocycles. The average molecular weight is 728 g/mol. The van der Waals surface area contributed by atoms with Crippen LogP contribution in [-0.4, -0.2) is 93.6 Å². The van der Waals surface area contributed by atoms with Crippen molar-refractivity contribution in [2.24, 2.45) is 29.2 Å². The summed E-state index contributed by atoms with van der Waals surface area (Å²) in [4.78, 5) is 42.5. The van der Waals surface area contributed by atoms with Gasteiger partial charge in [0.1, 0.15) is 23.2 Å². The lowest BCUT2D eigenvalue weighted by atomic mass is 9.56. The van der Waals surface area contributed by atoms with Crippen molar-refractivity contribution in [3.05, 3.63) is 43.2 Å². The van der Waals surface area contributed by atoms with Gasteiger partial charge in [0.15, 0.2) is 11.4 Å². The largest absolute Gasteiger partial charge is 0.510 e. The van der Waals surface area contributed by atoms with Crippen LogP contribution in [0.1, 0.15) is 12.8 Å². The lowest BCUT2D eigenvalue weighted by Gasteiger charge is -2.53. The lowest BCUT2D eigenvalue weighted by Crippen LogP contribution is -2.68. The molecule has 1 amide bonds. The van der Waals surface area contributed by atoms with Crippen molar-refractivity contribution >= 4 is 64.0 Å². The molecule has 0 aliphatic heterocycles. The lowest BCUT2D eigenvalue weighted by molar-refractivity contribution is -0.166. The summed E-state index contributed by atoms with van der Waals surface area (Å²) in [6.07, 6.45) is -1.74. The van der Waals surface area contributed by atoms with Gasteiger partial charge in [-0.2, -0.15) is 0 Å². The molecule has 0 fully saturated rings. The molecule has 0 bridgehead atoms. The van der Waals surface area contributed by atoms with Crippen LogP contribution in [0.3, 0.4) is 0 Å². The Bertz CT molecular complexity index is 1190. The van der Waals surface area contributed by atoms with Crippen LogP contribution in [-0.2, 0) is 14.4 Å². The quantitative estimate of drug-likeness (QED) is 0.170. The van der Waals surface area contributed by atoms with Gasteiger partial charge in [0, 0.05) is 37.2 Å². The van der Waals surface area contributed by atoms with E-state index in [1.165, 1.54) is 4.90 Å². The standard InChI is InChI=1S/C23H29IN4O7.HI/c1-27(2)15-8-5-7-6-9-16(28(3)4)19(31)12(22(26)34)21(33)23(9,35)20(32)10(7)17(29)11(8)18(30)14(25)13(15)24;/h8-9,11,16,20,30-32,35H,5-6,25H2,1-4H3,(H2,26,34);1H/t8?,9?,11?,16-,20?,23-;/m0./s1. The predicted molar refractivity (Wildman–Crippen MR) is 148 cm³/mol. The second-order valence-electron chi connectivity index (χ2n) is 9.96. The van der Waals surface area contributed by atoms with E-state index in [9.17, 15) is 34.8 Å². The van der Waals surface area contributed by atoms with Gasteiger partial charge in [-0.15, -0.1) is 24.0 Å². The minimum Gasteiger partial charge on any atom is -0.510 e. The number of aliphatic hydroxyl groups excluding tert-OH is 3. The molecule has 0 aromatic carbocycles. The van der Waals surface area contributed by atoms with Gasteiger partial charge in [0.05, 0.1) is 21.2 Å². The summed E-state index contributed by atoms with van der Waals surface area (Å²) in [6, 6.07) is -1.02. The molecule has 6 atom stereocenters. The number of rotatable bonds is 3. The SMILES string of the molecule is CN(C)C1=C(I)C(N)=C(O)C2C(=O)C3=C(CC12)CC1[C@H](N(C)C)C(O)=C(C(N)=O)C(=O)[C@@]1(O)C3O.I. The highest BCUT2D eigenvalue weighted by Gasteiger charge is 2.65. The number of nitrogens with zero attached hydrogens (tertiary/aromatic N) is 2. The predicted octanol–water partition coefficient (Wildman–Crippen LogP) is -0.0215. The molecular weight excluding hydrogens is 698 g/mol. The van der Waals surface area contributed by atoms with E-state index in [4.69, 9.17) is 11.5 Å². The van der Waals surface area contributed by atoms with Gasteiger partial charge in [-0.3, -0.25) is 19.3 Å². The van der Waals surface area contributed by atoms with Crippen LogP contribution >= 0.6 is 46.6 Å². The molecule has 8 N–H and O–H groups in total. The Morgan fingerprint density at radius 1 is 1.11 bits per heavy atom. The molecule has 0 aromatic rings. The van der Waals surface area contributed by atoms with Crippen LogP contribution in [0.25, 0.3) is 0 Å². The van der Waals surface area contributed by atoms with Crippen LogP contribution in [0, 0.1) is 17.8 Å². The maximum atomic E-state index is 13.8. The highest BCUT2D eigenvalue weighted by molar-refractivity contribution is 14.1. The van der Waals surface area contributed by atoms with E-state index in [0.717, 1.165) is 5.70 Å². The molecule has 0 aromatic heterocycles. The minimum atomic E-state index is -2.58. The van der Waals surface area contributed by atoms with E-state index >= 15 is 0 Å². The number of carbonyl (C=O) groups excluding carboxylic acids is 3. The topological polar surface area (TPSA) is 191 Å². The number of halogens is 2. The van der Waals surface area contributed by atoms with Crippen LogP contribution < -0.4 is 11.5 Å². The Balaban J connectivity index is 0.00000361. The fourth-order valence-corrected chi connectivity index (χ4v) is 7.36. The molecule has 198 valence electrons. The fourth-order valence-electron chi connectivity index (χ4n) is 6.20. The number of ketones is 2. The second kappa shape index (κ2) is 9.56. The number of Topliss-reactive ketones (excluding diaryl/α,β-unsaturated/α-hetero) is 2. The molecule has 4 aliphatic carbocycles. The summed E-state index contributed by atoms with van der Waals surface area (Å²) in [5.41, 5.74) is 9.22. The molecule has 0 radical (unpaired) electrons. The number of nitrogens with two attached hydrogens (primary N) is 2. The number of hydrogen-bond acceptors (Lipinski definition) is 10. The Kier molecular flexibility index (Phi) is 7.67. The molecular formula is C23H30I2N4O7. The van der Waals surface area contributed by atoms with Gasteiger partial charge in [-0.1, -0.05) is 5.57 Å². The van der Waals surface area contributed by atoms with Gasteiger partial charge >= 0.3 is 0 Å². The normalized spacial score (nSPS) is 34.4.